The molecule has 0 spiro atoms. The highest BCUT2D eigenvalue weighted by atomic mass is 16.5. The van der Waals surface area contributed by atoms with Gasteiger partial charge < -0.3 is 23.7 Å². The summed E-state index contributed by atoms with van der Waals surface area (Å²) in [5.74, 6) is 2.65. The second-order valence-corrected chi connectivity index (χ2v) is 9.25. The first-order valence-corrected chi connectivity index (χ1v) is 12.3. The average molecular weight is 491 g/mol. The molecular weight excluding hydrogens is 456 g/mol. The van der Waals surface area contributed by atoms with E-state index in [1.54, 1.807) is 24.0 Å². The van der Waals surface area contributed by atoms with Crippen LogP contribution in [0.25, 0.3) is 0 Å². The summed E-state index contributed by atoms with van der Waals surface area (Å²) in [6.07, 6.45) is 2.47. The summed E-state index contributed by atoms with van der Waals surface area (Å²) < 4.78 is 16.5. The summed E-state index contributed by atoms with van der Waals surface area (Å²) in [6.45, 7) is 4.68. The Morgan fingerprint density at radius 3 is 2.36 bits per heavy atom. The van der Waals surface area contributed by atoms with Crippen LogP contribution in [0.4, 0.5) is 0 Å². The standard InChI is InChI=1S/C29H34N2O5/c1-20-7-5-6-8-25(20)29(33)31(23-11-12-23)19-28(32)30(18-24-13-9-21(2)36-24)16-15-22-10-14-26(34-3)27(17-22)35-4/h5-10,13-14,17,23H,11-12,15-16,18-19H2,1-4H3. The van der Waals surface area contributed by atoms with Gasteiger partial charge in [-0.05, 0) is 74.6 Å². The molecular formula is C29H34N2O5. The second kappa shape index (κ2) is 11.3. The van der Waals surface area contributed by atoms with Gasteiger partial charge in [0.15, 0.2) is 11.5 Å². The van der Waals surface area contributed by atoms with Gasteiger partial charge in [-0.15, -0.1) is 0 Å². The minimum atomic E-state index is -0.0987. The molecule has 1 saturated carbocycles. The highest BCUT2D eigenvalue weighted by molar-refractivity contribution is 5.98. The fraction of sp³-hybridized carbons (Fsp3) is 0.379. The fourth-order valence-electron chi connectivity index (χ4n) is 4.32. The first-order valence-electron chi connectivity index (χ1n) is 12.3. The Kier molecular flexibility index (Phi) is 7.98. The smallest absolute Gasteiger partial charge is 0.254 e. The number of amides is 2. The lowest BCUT2D eigenvalue weighted by molar-refractivity contribution is -0.132. The largest absolute Gasteiger partial charge is 0.493 e. The normalized spacial score (nSPS) is 12.8. The van der Waals surface area contributed by atoms with E-state index >= 15 is 0 Å². The van der Waals surface area contributed by atoms with E-state index < -0.39 is 0 Å². The van der Waals surface area contributed by atoms with Crippen molar-refractivity contribution in [1.82, 2.24) is 9.80 Å². The Labute approximate surface area is 212 Å². The topological polar surface area (TPSA) is 72.2 Å². The number of methoxy groups -OCH3 is 2. The number of hydrogen-bond donors (Lipinski definition) is 0. The third-order valence-electron chi connectivity index (χ3n) is 6.54. The average Bonchev–Trinajstić information content (AvgIpc) is 3.65. The van der Waals surface area contributed by atoms with Crippen molar-refractivity contribution < 1.29 is 23.5 Å². The van der Waals surface area contributed by atoms with E-state index in [0.29, 0.717) is 36.6 Å². The third kappa shape index (κ3) is 6.08. The van der Waals surface area contributed by atoms with E-state index in [1.807, 2.05) is 68.4 Å². The van der Waals surface area contributed by atoms with Gasteiger partial charge in [-0.2, -0.15) is 0 Å². The van der Waals surface area contributed by atoms with E-state index in [4.69, 9.17) is 13.9 Å². The quantitative estimate of drug-likeness (QED) is 0.387. The van der Waals surface area contributed by atoms with Crippen LogP contribution >= 0.6 is 0 Å². The first-order chi connectivity index (χ1) is 17.4. The summed E-state index contributed by atoms with van der Waals surface area (Å²) >= 11 is 0. The van der Waals surface area contributed by atoms with Crippen LogP contribution in [0.2, 0.25) is 0 Å². The SMILES string of the molecule is COc1ccc(CCN(Cc2ccc(C)o2)C(=O)CN(C(=O)c2ccccc2C)C2CC2)cc1OC. The molecule has 7 nitrogen and oxygen atoms in total. The lowest BCUT2D eigenvalue weighted by atomic mass is 10.1. The van der Waals surface area contributed by atoms with Crippen molar-refractivity contribution in [3.8, 4) is 11.5 Å². The van der Waals surface area contributed by atoms with Crippen LogP contribution in [0.5, 0.6) is 11.5 Å². The summed E-state index contributed by atoms with van der Waals surface area (Å²) in [6, 6.07) is 17.2. The number of furan rings is 1. The number of carbonyl (C=O) groups excluding carboxylic acids is 2. The number of hydrogen-bond acceptors (Lipinski definition) is 5. The molecule has 1 fully saturated rings. The van der Waals surface area contributed by atoms with Crippen LogP contribution in [-0.4, -0.2) is 55.0 Å². The van der Waals surface area contributed by atoms with Crippen molar-refractivity contribution in [3.05, 3.63) is 82.8 Å². The number of ether oxygens (including phenoxy) is 2. The number of nitrogens with zero attached hydrogens (tertiary/aromatic N) is 2. The van der Waals surface area contributed by atoms with Crippen molar-refractivity contribution in [1.29, 1.82) is 0 Å². The minimum absolute atomic E-state index is 0.0451. The van der Waals surface area contributed by atoms with Crippen molar-refractivity contribution in [2.75, 3.05) is 27.3 Å². The van der Waals surface area contributed by atoms with E-state index in [1.165, 1.54) is 0 Å². The summed E-state index contributed by atoms with van der Waals surface area (Å²) in [5, 5.41) is 0. The van der Waals surface area contributed by atoms with E-state index in [0.717, 1.165) is 35.5 Å². The van der Waals surface area contributed by atoms with Crippen molar-refractivity contribution in [3.63, 3.8) is 0 Å². The molecule has 1 aromatic heterocycles. The van der Waals surface area contributed by atoms with Gasteiger partial charge in [0.25, 0.3) is 5.91 Å². The number of rotatable bonds is 11. The maximum absolute atomic E-state index is 13.6. The number of carbonyl (C=O) groups is 2. The monoisotopic (exact) mass is 490 g/mol. The molecule has 0 N–H and O–H groups in total. The Balaban J connectivity index is 1.51. The molecule has 1 aliphatic rings. The molecule has 36 heavy (non-hydrogen) atoms. The molecule has 2 amide bonds. The molecule has 7 heteroatoms. The van der Waals surface area contributed by atoms with E-state index in [-0.39, 0.29) is 24.4 Å². The molecule has 0 unspecified atom stereocenters. The summed E-state index contributed by atoms with van der Waals surface area (Å²) in [4.78, 5) is 30.5. The molecule has 4 rings (SSSR count). The lowest BCUT2D eigenvalue weighted by Gasteiger charge is -2.28. The maximum atomic E-state index is 13.6. The fourth-order valence-corrected chi connectivity index (χ4v) is 4.32. The molecule has 0 atom stereocenters. The zero-order valence-electron chi connectivity index (χ0n) is 21.5. The second-order valence-electron chi connectivity index (χ2n) is 9.25. The van der Waals surface area contributed by atoms with Crippen LogP contribution in [0.3, 0.4) is 0 Å². The molecule has 0 radical (unpaired) electrons. The Hall–Kier alpha value is -3.74. The van der Waals surface area contributed by atoms with Crippen molar-refractivity contribution >= 4 is 11.8 Å². The van der Waals surface area contributed by atoms with E-state index in [9.17, 15) is 9.59 Å². The van der Waals surface area contributed by atoms with Crippen LogP contribution in [0, 0.1) is 13.8 Å². The zero-order chi connectivity index (χ0) is 25.7. The minimum Gasteiger partial charge on any atom is -0.493 e. The predicted molar refractivity (Wildman–Crippen MR) is 137 cm³/mol. The van der Waals surface area contributed by atoms with Crippen LogP contribution in [0.15, 0.2) is 59.0 Å². The van der Waals surface area contributed by atoms with Gasteiger partial charge in [0.1, 0.15) is 18.1 Å². The molecule has 1 heterocycles. The molecule has 0 bridgehead atoms. The Morgan fingerprint density at radius 2 is 1.72 bits per heavy atom. The predicted octanol–water partition coefficient (Wildman–Crippen LogP) is 4.79. The first kappa shape index (κ1) is 25.4. The Bertz CT molecular complexity index is 1210. The van der Waals surface area contributed by atoms with Crippen molar-refractivity contribution in [2.24, 2.45) is 0 Å². The van der Waals surface area contributed by atoms with Gasteiger partial charge in [0.2, 0.25) is 5.91 Å². The molecule has 0 saturated heterocycles. The van der Waals surface area contributed by atoms with Gasteiger partial charge in [-0.25, -0.2) is 0 Å². The number of aryl methyl sites for hydroxylation is 2. The van der Waals surface area contributed by atoms with Crippen molar-refractivity contribution in [2.45, 2.75) is 45.7 Å². The highest BCUT2D eigenvalue weighted by Crippen LogP contribution is 2.30. The molecule has 190 valence electrons. The van der Waals surface area contributed by atoms with Gasteiger partial charge in [0, 0.05) is 18.2 Å². The van der Waals surface area contributed by atoms with Gasteiger partial charge >= 0.3 is 0 Å². The molecule has 1 aliphatic carbocycles. The molecule has 2 aromatic carbocycles. The molecule has 0 aliphatic heterocycles. The van der Waals surface area contributed by atoms with E-state index in [2.05, 4.69) is 0 Å². The Morgan fingerprint density at radius 1 is 0.972 bits per heavy atom. The zero-order valence-corrected chi connectivity index (χ0v) is 21.5. The summed E-state index contributed by atoms with van der Waals surface area (Å²) in [7, 11) is 3.21. The third-order valence-corrected chi connectivity index (χ3v) is 6.54. The highest BCUT2D eigenvalue weighted by Gasteiger charge is 2.35. The van der Waals surface area contributed by atoms with Gasteiger partial charge in [-0.3, -0.25) is 9.59 Å². The van der Waals surface area contributed by atoms with Gasteiger partial charge in [-0.1, -0.05) is 24.3 Å². The van der Waals surface area contributed by atoms with Crippen LogP contribution in [-0.2, 0) is 17.8 Å². The lowest BCUT2D eigenvalue weighted by Crippen LogP contribution is -2.44. The summed E-state index contributed by atoms with van der Waals surface area (Å²) in [5.41, 5.74) is 2.59. The molecule has 3 aromatic rings. The van der Waals surface area contributed by atoms with Crippen LogP contribution < -0.4 is 9.47 Å². The maximum Gasteiger partial charge on any atom is 0.254 e. The van der Waals surface area contributed by atoms with Crippen LogP contribution in [0.1, 0.15) is 45.8 Å². The number of benzene rings is 2. The van der Waals surface area contributed by atoms with Gasteiger partial charge in [0.05, 0.1) is 20.8 Å².